The van der Waals surface area contributed by atoms with Crippen molar-refractivity contribution in [1.82, 2.24) is 0 Å². The Hall–Kier alpha value is -2.37. The first-order valence-corrected chi connectivity index (χ1v) is 5.38. The van der Waals surface area contributed by atoms with Crippen molar-refractivity contribution in [3.8, 4) is 0 Å². The summed E-state index contributed by atoms with van der Waals surface area (Å²) in [4.78, 5) is 28.6. The smallest absolute Gasteiger partial charge is 0.328 e. The molecule has 0 radical (unpaired) electrons. The number of carboxylic acid groups (broad SMARTS) is 3. The monoisotopic (exact) mass is 272 g/mol. The van der Waals surface area contributed by atoms with Gasteiger partial charge in [0.25, 0.3) is 0 Å². The number of rotatable bonds is 5. The van der Waals surface area contributed by atoms with Gasteiger partial charge in [-0.1, -0.05) is 32.6 Å². The fourth-order valence-electron chi connectivity index (χ4n) is 0.629. The molecule has 0 unspecified atom stereocenters. The summed E-state index contributed by atoms with van der Waals surface area (Å²) < 4.78 is 0. The van der Waals surface area contributed by atoms with Gasteiger partial charge in [-0.2, -0.15) is 0 Å². The van der Waals surface area contributed by atoms with Crippen LogP contribution in [0.4, 0.5) is 0 Å². The van der Waals surface area contributed by atoms with Gasteiger partial charge in [0.2, 0.25) is 0 Å². The van der Waals surface area contributed by atoms with E-state index < -0.39 is 17.9 Å². The minimum atomic E-state index is -0.981. The Morgan fingerprint density at radius 1 is 0.842 bits per heavy atom. The zero-order valence-electron chi connectivity index (χ0n) is 11.1. The van der Waals surface area contributed by atoms with Gasteiger partial charge in [-0.15, -0.1) is 0 Å². The third-order valence-corrected chi connectivity index (χ3v) is 1.59. The lowest BCUT2D eigenvalue weighted by molar-refractivity contribution is -0.132. The maximum atomic E-state index is 10.1. The van der Waals surface area contributed by atoms with Gasteiger partial charge in [-0.05, 0) is 12.8 Å². The van der Waals surface area contributed by atoms with Crippen LogP contribution in [0, 0.1) is 0 Å². The second-order valence-electron chi connectivity index (χ2n) is 2.93. The van der Waals surface area contributed by atoms with Crippen LogP contribution in [0.1, 0.15) is 26.7 Å². The molecule has 0 saturated heterocycles. The van der Waals surface area contributed by atoms with Crippen LogP contribution in [0.2, 0.25) is 0 Å². The molecule has 0 heterocycles. The molecule has 0 fully saturated rings. The molecular formula is C13H20O6. The lowest BCUT2D eigenvalue weighted by atomic mass is 10.1. The maximum Gasteiger partial charge on any atom is 0.328 e. The zero-order chi connectivity index (χ0) is 15.8. The van der Waals surface area contributed by atoms with Gasteiger partial charge in [0, 0.05) is 18.2 Å². The van der Waals surface area contributed by atoms with Crippen LogP contribution in [0.5, 0.6) is 0 Å². The van der Waals surface area contributed by atoms with E-state index in [0.717, 1.165) is 30.6 Å². The summed E-state index contributed by atoms with van der Waals surface area (Å²) in [5.41, 5.74) is 0.988. The van der Waals surface area contributed by atoms with E-state index in [1.165, 1.54) is 6.08 Å². The maximum absolute atomic E-state index is 10.1. The second kappa shape index (κ2) is 15.6. The highest BCUT2D eigenvalue weighted by molar-refractivity contribution is 5.80. The second-order valence-corrected chi connectivity index (χ2v) is 2.93. The summed E-state index contributed by atoms with van der Waals surface area (Å²) in [5, 5.41) is 23.5. The molecule has 0 aliphatic heterocycles. The van der Waals surface area contributed by atoms with Crippen LogP contribution in [-0.4, -0.2) is 33.2 Å². The largest absolute Gasteiger partial charge is 0.478 e. The fourth-order valence-corrected chi connectivity index (χ4v) is 0.629. The van der Waals surface area contributed by atoms with E-state index in [0.29, 0.717) is 0 Å². The van der Waals surface area contributed by atoms with Crippen molar-refractivity contribution >= 4 is 17.9 Å². The van der Waals surface area contributed by atoms with Crippen LogP contribution in [0.15, 0.2) is 37.0 Å². The van der Waals surface area contributed by atoms with Crippen LogP contribution in [0.3, 0.4) is 0 Å². The summed E-state index contributed by atoms with van der Waals surface area (Å²) in [6, 6.07) is 0. The number of hydrogen-bond acceptors (Lipinski definition) is 3. The highest BCUT2D eigenvalue weighted by atomic mass is 16.4. The van der Waals surface area contributed by atoms with Gasteiger partial charge in [0.15, 0.2) is 0 Å². The molecule has 0 spiro atoms. The van der Waals surface area contributed by atoms with Crippen molar-refractivity contribution < 1.29 is 29.7 Å². The first-order chi connectivity index (χ1) is 8.74. The van der Waals surface area contributed by atoms with Crippen LogP contribution in [0.25, 0.3) is 0 Å². The van der Waals surface area contributed by atoms with Crippen LogP contribution >= 0.6 is 0 Å². The Labute approximate surface area is 112 Å². The SMILES string of the molecule is C=CC(=O)O.C=CC(=O)O.CCC(=CC(=O)O)CC. The standard InChI is InChI=1S/C7H12O2.2C3H4O2/c1-3-6(4-2)5-7(8)9;2*1-2-3(4)5/h5H,3-4H2,1-2H3,(H,8,9);2*2H,1H2,(H,4,5). The van der Waals surface area contributed by atoms with Gasteiger partial charge < -0.3 is 15.3 Å². The van der Waals surface area contributed by atoms with Gasteiger partial charge in [0.1, 0.15) is 0 Å². The lowest BCUT2D eigenvalue weighted by Crippen LogP contribution is -1.90. The lowest BCUT2D eigenvalue weighted by Gasteiger charge is -1.94. The molecule has 6 nitrogen and oxygen atoms in total. The van der Waals surface area contributed by atoms with Crippen LogP contribution < -0.4 is 0 Å². The molecule has 108 valence electrons. The van der Waals surface area contributed by atoms with E-state index >= 15 is 0 Å². The zero-order valence-corrected chi connectivity index (χ0v) is 11.1. The average Bonchev–Trinajstić information content (AvgIpc) is 2.36. The molecule has 0 atom stereocenters. The highest BCUT2D eigenvalue weighted by Crippen LogP contribution is 2.03. The summed E-state index contributed by atoms with van der Waals surface area (Å²) in [6.45, 7) is 9.83. The predicted molar refractivity (Wildman–Crippen MR) is 72.0 cm³/mol. The minimum Gasteiger partial charge on any atom is -0.478 e. The van der Waals surface area contributed by atoms with Crippen molar-refractivity contribution in [3.63, 3.8) is 0 Å². The Morgan fingerprint density at radius 2 is 1.11 bits per heavy atom. The molecule has 3 N–H and O–H groups in total. The van der Waals surface area contributed by atoms with Crippen molar-refractivity contribution in [2.24, 2.45) is 0 Å². The van der Waals surface area contributed by atoms with E-state index in [2.05, 4.69) is 13.2 Å². The minimum absolute atomic E-state index is 0.833. The quantitative estimate of drug-likeness (QED) is 0.662. The normalized spacial score (nSPS) is 7.47. The van der Waals surface area contributed by atoms with E-state index in [9.17, 15) is 14.4 Å². The molecule has 0 amide bonds. The van der Waals surface area contributed by atoms with Crippen molar-refractivity contribution in [1.29, 1.82) is 0 Å². The molecule has 0 aromatic carbocycles. The first kappa shape index (κ1) is 21.9. The van der Waals surface area contributed by atoms with Gasteiger partial charge in [-0.3, -0.25) is 0 Å². The molecule has 0 aromatic heterocycles. The van der Waals surface area contributed by atoms with E-state index in [4.69, 9.17) is 15.3 Å². The van der Waals surface area contributed by atoms with E-state index in [1.807, 2.05) is 13.8 Å². The van der Waals surface area contributed by atoms with Gasteiger partial charge in [-0.25, -0.2) is 14.4 Å². The summed E-state index contributed by atoms with van der Waals surface area (Å²) in [7, 11) is 0. The molecule has 19 heavy (non-hydrogen) atoms. The first-order valence-electron chi connectivity index (χ1n) is 5.38. The molecule has 0 aliphatic carbocycles. The topological polar surface area (TPSA) is 112 Å². The summed E-state index contributed by atoms with van der Waals surface area (Å²) >= 11 is 0. The Kier molecular flexibility index (Phi) is 18.0. The van der Waals surface area contributed by atoms with Crippen LogP contribution in [-0.2, 0) is 14.4 Å². The van der Waals surface area contributed by atoms with Crippen molar-refractivity contribution in [2.75, 3.05) is 0 Å². The Morgan fingerprint density at radius 3 is 1.16 bits per heavy atom. The van der Waals surface area contributed by atoms with Gasteiger partial charge >= 0.3 is 17.9 Å². The number of allylic oxidation sites excluding steroid dienone is 1. The average molecular weight is 272 g/mol. The number of carbonyl (C=O) groups is 3. The molecule has 6 heteroatoms. The molecule has 0 aliphatic rings. The van der Waals surface area contributed by atoms with Crippen molar-refractivity contribution in [2.45, 2.75) is 26.7 Å². The van der Waals surface area contributed by atoms with E-state index in [1.54, 1.807) is 0 Å². The number of hydrogen-bond donors (Lipinski definition) is 3. The Bertz CT molecular complexity index is 317. The summed E-state index contributed by atoms with van der Waals surface area (Å²) in [6.07, 6.45) is 4.62. The summed E-state index contributed by atoms with van der Waals surface area (Å²) in [5.74, 6) is -2.80. The fraction of sp³-hybridized carbons (Fsp3) is 0.308. The highest BCUT2D eigenvalue weighted by Gasteiger charge is 1.92. The van der Waals surface area contributed by atoms with Crippen molar-refractivity contribution in [3.05, 3.63) is 37.0 Å². The van der Waals surface area contributed by atoms with Gasteiger partial charge in [0.05, 0.1) is 0 Å². The molecule has 0 aromatic rings. The van der Waals surface area contributed by atoms with E-state index in [-0.39, 0.29) is 0 Å². The molecular weight excluding hydrogens is 252 g/mol. The third-order valence-electron chi connectivity index (χ3n) is 1.59. The predicted octanol–water partition coefficient (Wildman–Crippen LogP) is 2.33. The third kappa shape index (κ3) is 31.3. The molecule has 0 rings (SSSR count). The number of carboxylic acids is 3. The molecule has 0 bridgehead atoms. The number of aliphatic carboxylic acids is 3. The Balaban J connectivity index is -0.000000219. The molecule has 0 saturated carbocycles.